The SMILES string of the molecule is Cc1nc(N)sc1-c1nc2cc(F)ccc2n1C(C)C. The van der Waals surface area contributed by atoms with Gasteiger partial charge in [-0.15, -0.1) is 0 Å². The summed E-state index contributed by atoms with van der Waals surface area (Å²) in [5.41, 5.74) is 8.20. The van der Waals surface area contributed by atoms with Gasteiger partial charge in [0.25, 0.3) is 0 Å². The molecule has 0 aliphatic carbocycles. The summed E-state index contributed by atoms with van der Waals surface area (Å²) in [4.78, 5) is 9.76. The Morgan fingerprint density at radius 3 is 2.65 bits per heavy atom. The first-order valence-electron chi connectivity index (χ1n) is 6.38. The second-order valence-corrected chi connectivity index (χ2v) is 6.03. The molecule has 6 heteroatoms. The van der Waals surface area contributed by atoms with Crippen molar-refractivity contribution in [3.63, 3.8) is 0 Å². The zero-order valence-electron chi connectivity index (χ0n) is 11.5. The van der Waals surface area contributed by atoms with Crippen LogP contribution in [-0.4, -0.2) is 14.5 Å². The zero-order valence-corrected chi connectivity index (χ0v) is 12.3. The van der Waals surface area contributed by atoms with Crippen LogP contribution >= 0.6 is 11.3 Å². The smallest absolute Gasteiger partial charge is 0.180 e. The van der Waals surface area contributed by atoms with Crippen LogP contribution in [0.3, 0.4) is 0 Å². The Hall–Kier alpha value is -1.95. The summed E-state index contributed by atoms with van der Waals surface area (Å²) >= 11 is 1.41. The van der Waals surface area contributed by atoms with Gasteiger partial charge in [0.05, 0.1) is 21.6 Å². The third kappa shape index (κ3) is 1.96. The summed E-state index contributed by atoms with van der Waals surface area (Å²) in [5.74, 6) is 0.519. The highest BCUT2D eigenvalue weighted by Crippen LogP contribution is 2.35. The van der Waals surface area contributed by atoms with Crippen molar-refractivity contribution in [2.75, 3.05) is 5.73 Å². The van der Waals surface area contributed by atoms with Crippen molar-refractivity contribution in [2.24, 2.45) is 0 Å². The van der Waals surface area contributed by atoms with Crippen molar-refractivity contribution < 1.29 is 4.39 Å². The van der Waals surface area contributed by atoms with E-state index in [-0.39, 0.29) is 11.9 Å². The first-order valence-corrected chi connectivity index (χ1v) is 7.19. The molecule has 0 saturated carbocycles. The summed E-state index contributed by atoms with van der Waals surface area (Å²) in [7, 11) is 0. The summed E-state index contributed by atoms with van der Waals surface area (Å²) in [6.07, 6.45) is 0. The summed E-state index contributed by atoms with van der Waals surface area (Å²) < 4.78 is 15.5. The van der Waals surface area contributed by atoms with Crippen LogP contribution in [0.2, 0.25) is 0 Å². The monoisotopic (exact) mass is 290 g/mol. The van der Waals surface area contributed by atoms with Crippen molar-refractivity contribution in [3.05, 3.63) is 29.7 Å². The van der Waals surface area contributed by atoms with E-state index in [9.17, 15) is 4.39 Å². The number of hydrogen-bond acceptors (Lipinski definition) is 4. The third-order valence-electron chi connectivity index (χ3n) is 3.18. The molecule has 0 saturated heterocycles. The van der Waals surface area contributed by atoms with Crippen molar-refractivity contribution in [1.82, 2.24) is 14.5 Å². The molecule has 2 N–H and O–H groups in total. The number of halogens is 1. The number of benzene rings is 1. The molecule has 20 heavy (non-hydrogen) atoms. The largest absolute Gasteiger partial charge is 0.375 e. The number of fused-ring (bicyclic) bond motifs is 1. The Kier molecular flexibility index (Phi) is 2.97. The van der Waals surface area contributed by atoms with Gasteiger partial charge in [-0.1, -0.05) is 11.3 Å². The molecule has 0 atom stereocenters. The van der Waals surface area contributed by atoms with Crippen LogP contribution in [0.25, 0.3) is 21.7 Å². The van der Waals surface area contributed by atoms with Gasteiger partial charge >= 0.3 is 0 Å². The molecule has 3 aromatic rings. The number of imidazole rings is 1. The van der Waals surface area contributed by atoms with E-state index in [4.69, 9.17) is 5.73 Å². The lowest BCUT2D eigenvalue weighted by atomic mass is 10.3. The number of thiazole rings is 1. The first-order chi connectivity index (χ1) is 9.47. The van der Waals surface area contributed by atoms with Crippen LogP contribution in [0.15, 0.2) is 18.2 Å². The highest BCUT2D eigenvalue weighted by atomic mass is 32.1. The number of rotatable bonds is 2. The highest BCUT2D eigenvalue weighted by molar-refractivity contribution is 7.18. The maximum absolute atomic E-state index is 13.4. The molecule has 0 radical (unpaired) electrons. The molecule has 0 fully saturated rings. The fourth-order valence-corrected chi connectivity index (χ4v) is 3.20. The topological polar surface area (TPSA) is 56.7 Å². The Bertz CT molecular complexity index is 788. The van der Waals surface area contributed by atoms with E-state index in [1.807, 2.05) is 6.92 Å². The molecule has 0 aliphatic rings. The van der Waals surface area contributed by atoms with Crippen molar-refractivity contribution >= 4 is 27.5 Å². The molecule has 104 valence electrons. The minimum absolute atomic E-state index is 0.211. The lowest BCUT2D eigenvalue weighted by molar-refractivity contribution is 0.621. The molecular formula is C14H15FN4S. The summed E-state index contributed by atoms with van der Waals surface area (Å²) in [6.45, 7) is 6.06. The van der Waals surface area contributed by atoms with Crippen LogP contribution in [0, 0.1) is 12.7 Å². The average Bonchev–Trinajstić information content (AvgIpc) is 2.88. The predicted octanol–water partition coefficient (Wildman–Crippen LogP) is 3.77. The van der Waals surface area contributed by atoms with Gasteiger partial charge < -0.3 is 10.3 Å². The maximum Gasteiger partial charge on any atom is 0.180 e. The molecule has 1 aromatic carbocycles. The molecule has 0 unspecified atom stereocenters. The van der Waals surface area contributed by atoms with Gasteiger partial charge in [0.15, 0.2) is 11.0 Å². The second kappa shape index (κ2) is 4.56. The van der Waals surface area contributed by atoms with Gasteiger partial charge in [-0.2, -0.15) is 0 Å². The van der Waals surface area contributed by atoms with Gasteiger partial charge in [-0.05, 0) is 32.9 Å². The van der Waals surface area contributed by atoms with Crippen molar-refractivity contribution in [1.29, 1.82) is 0 Å². The number of nitrogen functional groups attached to an aromatic ring is 1. The van der Waals surface area contributed by atoms with Gasteiger partial charge in [0.1, 0.15) is 5.82 Å². The van der Waals surface area contributed by atoms with E-state index in [2.05, 4.69) is 28.4 Å². The minimum Gasteiger partial charge on any atom is -0.375 e. The number of aromatic nitrogens is 3. The van der Waals surface area contributed by atoms with E-state index in [0.717, 1.165) is 21.9 Å². The van der Waals surface area contributed by atoms with Crippen LogP contribution in [-0.2, 0) is 0 Å². The molecule has 2 heterocycles. The highest BCUT2D eigenvalue weighted by Gasteiger charge is 2.19. The standard InChI is InChI=1S/C14H15FN4S/c1-7(2)19-11-5-4-9(15)6-10(11)18-13(19)12-8(3)17-14(16)20-12/h4-7H,1-3H3,(H2,16,17). The molecule has 0 spiro atoms. The Morgan fingerprint density at radius 2 is 2.05 bits per heavy atom. The molecule has 0 amide bonds. The molecule has 0 bridgehead atoms. The van der Waals surface area contributed by atoms with E-state index in [1.54, 1.807) is 6.07 Å². The first kappa shape index (κ1) is 13.1. The van der Waals surface area contributed by atoms with Crippen LogP contribution in [0.4, 0.5) is 9.52 Å². The van der Waals surface area contributed by atoms with E-state index in [0.29, 0.717) is 10.6 Å². The number of hydrogen-bond donors (Lipinski definition) is 1. The van der Waals surface area contributed by atoms with Crippen molar-refractivity contribution in [3.8, 4) is 10.7 Å². The van der Waals surface area contributed by atoms with Crippen LogP contribution in [0.1, 0.15) is 25.6 Å². The lowest BCUT2D eigenvalue weighted by Gasteiger charge is -2.12. The zero-order chi connectivity index (χ0) is 14.4. The van der Waals surface area contributed by atoms with Gasteiger partial charge in [-0.3, -0.25) is 0 Å². The van der Waals surface area contributed by atoms with E-state index >= 15 is 0 Å². The number of nitrogens with zero attached hydrogens (tertiary/aromatic N) is 3. The van der Waals surface area contributed by atoms with Gasteiger partial charge in [0.2, 0.25) is 0 Å². The Labute approximate surface area is 120 Å². The number of nitrogens with two attached hydrogens (primary N) is 1. The van der Waals surface area contributed by atoms with Gasteiger partial charge in [-0.25, -0.2) is 14.4 Å². The van der Waals surface area contributed by atoms with E-state index < -0.39 is 0 Å². The number of aryl methyl sites for hydroxylation is 1. The van der Waals surface area contributed by atoms with E-state index in [1.165, 1.54) is 23.5 Å². The minimum atomic E-state index is -0.280. The quantitative estimate of drug-likeness (QED) is 0.781. The normalized spacial score (nSPS) is 11.7. The molecular weight excluding hydrogens is 275 g/mol. The lowest BCUT2D eigenvalue weighted by Crippen LogP contribution is -2.02. The maximum atomic E-state index is 13.4. The fraction of sp³-hybridized carbons (Fsp3) is 0.286. The van der Waals surface area contributed by atoms with Crippen LogP contribution in [0.5, 0.6) is 0 Å². The third-order valence-corrected chi connectivity index (χ3v) is 4.17. The molecule has 4 nitrogen and oxygen atoms in total. The molecule has 3 rings (SSSR count). The predicted molar refractivity (Wildman–Crippen MR) is 80.3 cm³/mol. The molecule has 2 aromatic heterocycles. The van der Waals surface area contributed by atoms with Gasteiger partial charge in [0, 0.05) is 12.1 Å². The van der Waals surface area contributed by atoms with Crippen LogP contribution < -0.4 is 5.73 Å². The average molecular weight is 290 g/mol. The Balaban J connectivity index is 2.34. The second-order valence-electron chi connectivity index (χ2n) is 5.00. The summed E-state index contributed by atoms with van der Waals surface area (Å²) in [5, 5.41) is 0.519. The van der Waals surface area contributed by atoms with Crippen molar-refractivity contribution in [2.45, 2.75) is 26.8 Å². The Morgan fingerprint density at radius 1 is 1.30 bits per heavy atom. The number of anilines is 1. The molecule has 0 aliphatic heterocycles. The summed E-state index contributed by atoms with van der Waals surface area (Å²) in [6, 6.07) is 4.89. The fourth-order valence-electron chi connectivity index (χ4n) is 2.38.